The molecule has 1 saturated carbocycles. The Morgan fingerprint density at radius 3 is 2.83 bits per heavy atom. The van der Waals surface area contributed by atoms with E-state index in [4.69, 9.17) is 9.26 Å². The van der Waals surface area contributed by atoms with Gasteiger partial charge in [0.2, 0.25) is 5.82 Å². The summed E-state index contributed by atoms with van der Waals surface area (Å²) in [6.45, 7) is 5.10. The quantitative estimate of drug-likeness (QED) is 0.693. The highest BCUT2D eigenvalue weighted by atomic mass is 16.5. The highest BCUT2D eigenvalue weighted by Crippen LogP contribution is 2.29. The second-order valence-corrected chi connectivity index (χ2v) is 6.21. The van der Waals surface area contributed by atoms with E-state index in [1.54, 1.807) is 6.20 Å². The Bertz CT molecular complexity index is 833. The van der Waals surface area contributed by atoms with Gasteiger partial charge in [0.15, 0.2) is 5.82 Å². The Hall–Kier alpha value is -2.54. The molecule has 0 saturated heterocycles. The Kier molecular flexibility index (Phi) is 3.86. The van der Waals surface area contributed by atoms with Gasteiger partial charge in [0, 0.05) is 17.5 Å². The Morgan fingerprint density at radius 2 is 2.17 bits per heavy atom. The van der Waals surface area contributed by atoms with Gasteiger partial charge in [0.25, 0.3) is 5.89 Å². The van der Waals surface area contributed by atoms with Crippen molar-refractivity contribution in [3.8, 4) is 17.2 Å². The molecular weight excluding hydrogens is 306 g/mol. The molecule has 0 atom stereocenters. The third-order valence-corrected chi connectivity index (χ3v) is 3.98. The number of ether oxygens (including phenoxy) is 1. The van der Waals surface area contributed by atoms with Crippen LogP contribution in [-0.4, -0.2) is 31.5 Å². The van der Waals surface area contributed by atoms with Crippen molar-refractivity contribution in [3.63, 3.8) is 0 Å². The lowest BCUT2D eigenvalue weighted by Crippen LogP contribution is -2.01. The van der Waals surface area contributed by atoms with Crippen molar-refractivity contribution in [2.75, 3.05) is 6.61 Å². The third kappa shape index (κ3) is 3.21. The van der Waals surface area contributed by atoms with Crippen molar-refractivity contribution in [2.24, 2.45) is 5.92 Å². The predicted octanol–water partition coefficient (Wildman–Crippen LogP) is 2.86. The predicted molar refractivity (Wildman–Crippen MR) is 86.5 cm³/mol. The molecule has 7 nitrogen and oxygen atoms in total. The number of nitrogens with zero attached hydrogens (tertiary/aromatic N) is 5. The van der Waals surface area contributed by atoms with Crippen LogP contribution in [0.4, 0.5) is 0 Å². The number of aryl methyl sites for hydroxylation is 2. The molecule has 24 heavy (non-hydrogen) atoms. The molecule has 3 aromatic heterocycles. The normalized spacial score (nSPS) is 14.2. The highest BCUT2D eigenvalue weighted by Gasteiger charge is 2.21. The summed E-state index contributed by atoms with van der Waals surface area (Å²) in [7, 11) is 0. The van der Waals surface area contributed by atoms with Gasteiger partial charge in [-0.2, -0.15) is 10.1 Å². The Morgan fingerprint density at radius 1 is 1.29 bits per heavy atom. The van der Waals surface area contributed by atoms with Gasteiger partial charge in [-0.3, -0.25) is 0 Å². The number of rotatable bonds is 6. The van der Waals surface area contributed by atoms with Gasteiger partial charge in [0.05, 0.1) is 12.3 Å². The summed E-state index contributed by atoms with van der Waals surface area (Å²) in [6.07, 6.45) is 4.26. The second kappa shape index (κ2) is 6.16. The third-order valence-electron chi connectivity index (χ3n) is 3.98. The van der Waals surface area contributed by atoms with E-state index in [1.165, 1.54) is 12.8 Å². The molecule has 124 valence electrons. The first-order valence-corrected chi connectivity index (χ1v) is 8.09. The summed E-state index contributed by atoms with van der Waals surface area (Å²) in [5.74, 6) is 2.50. The molecule has 0 amide bonds. The summed E-state index contributed by atoms with van der Waals surface area (Å²) in [4.78, 5) is 8.81. The first-order valence-electron chi connectivity index (χ1n) is 8.09. The molecule has 1 aliphatic rings. The van der Waals surface area contributed by atoms with Crippen LogP contribution in [0.25, 0.3) is 17.2 Å². The van der Waals surface area contributed by atoms with Gasteiger partial charge < -0.3 is 9.26 Å². The summed E-state index contributed by atoms with van der Waals surface area (Å²) in [5, 5.41) is 8.42. The van der Waals surface area contributed by atoms with Crippen molar-refractivity contribution < 1.29 is 9.26 Å². The Balaban J connectivity index is 1.46. The zero-order valence-electron chi connectivity index (χ0n) is 13.8. The molecule has 0 unspecified atom stereocenters. The van der Waals surface area contributed by atoms with Gasteiger partial charge in [-0.15, -0.1) is 0 Å². The Labute approximate surface area is 139 Å². The molecule has 3 heterocycles. The van der Waals surface area contributed by atoms with Crippen LogP contribution in [0.5, 0.6) is 0 Å². The summed E-state index contributed by atoms with van der Waals surface area (Å²) >= 11 is 0. The molecular formula is C17H19N5O2. The molecule has 3 aromatic rings. The highest BCUT2D eigenvalue weighted by molar-refractivity contribution is 5.53. The largest absolute Gasteiger partial charge is 0.371 e. The van der Waals surface area contributed by atoms with E-state index in [1.807, 2.05) is 36.7 Å². The fourth-order valence-electron chi connectivity index (χ4n) is 2.53. The fraction of sp³-hybridized carbons (Fsp3) is 0.412. The average Bonchev–Trinajstić information content (AvgIpc) is 3.17. The number of pyridine rings is 1. The zero-order valence-corrected chi connectivity index (χ0v) is 13.8. The van der Waals surface area contributed by atoms with E-state index in [0.717, 1.165) is 35.3 Å². The van der Waals surface area contributed by atoms with Gasteiger partial charge in [-0.05, 0) is 50.8 Å². The van der Waals surface area contributed by atoms with Gasteiger partial charge >= 0.3 is 0 Å². The van der Waals surface area contributed by atoms with Crippen LogP contribution in [0.3, 0.4) is 0 Å². The van der Waals surface area contributed by atoms with Crippen molar-refractivity contribution in [1.82, 2.24) is 24.9 Å². The van der Waals surface area contributed by atoms with Crippen LogP contribution >= 0.6 is 0 Å². The van der Waals surface area contributed by atoms with E-state index >= 15 is 0 Å². The SMILES string of the molecule is Cc1cc(C)n(-c2ccc(-c3noc(COCC4CC4)n3)cn2)n1. The molecule has 1 aliphatic carbocycles. The molecule has 7 heteroatoms. The lowest BCUT2D eigenvalue weighted by atomic mass is 10.2. The molecule has 0 aliphatic heterocycles. The minimum absolute atomic E-state index is 0.362. The van der Waals surface area contributed by atoms with E-state index < -0.39 is 0 Å². The molecule has 4 rings (SSSR count). The molecule has 0 radical (unpaired) electrons. The van der Waals surface area contributed by atoms with Crippen LogP contribution < -0.4 is 0 Å². The maximum Gasteiger partial charge on any atom is 0.252 e. The molecule has 1 fully saturated rings. The summed E-state index contributed by atoms with van der Waals surface area (Å²) in [6, 6.07) is 5.83. The van der Waals surface area contributed by atoms with Crippen LogP contribution in [0.1, 0.15) is 30.1 Å². The molecule has 0 N–H and O–H groups in total. The van der Waals surface area contributed by atoms with Crippen molar-refractivity contribution in [2.45, 2.75) is 33.3 Å². The van der Waals surface area contributed by atoms with E-state index in [9.17, 15) is 0 Å². The fourth-order valence-corrected chi connectivity index (χ4v) is 2.53. The second-order valence-electron chi connectivity index (χ2n) is 6.21. The molecule has 0 spiro atoms. The number of hydrogen-bond donors (Lipinski definition) is 0. The van der Waals surface area contributed by atoms with E-state index in [0.29, 0.717) is 18.3 Å². The van der Waals surface area contributed by atoms with Crippen LogP contribution in [-0.2, 0) is 11.3 Å². The van der Waals surface area contributed by atoms with Crippen LogP contribution in [0.15, 0.2) is 28.9 Å². The summed E-state index contributed by atoms with van der Waals surface area (Å²) < 4.78 is 12.6. The van der Waals surface area contributed by atoms with Gasteiger partial charge in [-0.25, -0.2) is 9.67 Å². The zero-order chi connectivity index (χ0) is 16.5. The molecule has 0 aromatic carbocycles. The minimum atomic E-state index is 0.362. The number of aromatic nitrogens is 5. The van der Waals surface area contributed by atoms with Gasteiger partial charge in [0.1, 0.15) is 6.61 Å². The smallest absolute Gasteiger partial charge is 0.252 e. The maximum atomic E-state index is 5.56. The lowest BCUT2D eigenvalue weighted by Gasteiger charge is -2.03. The average molecular weight is 325 g/mol. The maximum absolute atomic E-state index is 5.56. The van der Waals surface area contributed by atoms with Crippen molar-refractivity contribution in [1.29, 1.82) is 0 Å². The first-order chi connectivity index (χ1) is 11.7. The van der Waals surface area contributed by atoms with E-state index in [-0.39, 0.29) is 0 Å². The standard InChI is InChI=1S/C17H19N5O2/c1-11-7-12(2)22(20-11)15-6-5-14(8-18-15)17-19-16(24-21-17)10-23-9-13-3-4-13/h5-8,13H,3-4,9-10H2,1-2H3. The van der Waals surface area contributed by atoms with Crippen LogP contribution in [0.2, 0.25) is 0 Å². The van der Waals surface area contributed by atoms with Crippen molar-refractivity contribution >= 4 is 0 Å². The van der Waals surface area contributed by atoms with E-state index in [2.05, 4.69) is 20.2 Å². The van der Waals surface area contributed by atoms with Crippen LogP contribution in [0, 0.1) is 19.8 Å². The minimum Gasteiger partial charge on any atom is -0.371 e. The van der Waals surface area contributed by atoms with Crippen molar-refractivity contribution in [3.05, 3.63) is 41.7 Å². The number of hydrogen-bond acceptors (Lipinski definition) is 6. The first kappa shape index (κ1) is 15.0. The summed E-state index contributed by atoms with van der Waals surface area (Å²) in [5.41, 5.74) is 2.81. The van der Waals surface area contributed by atoms with Gasteiger partial charge in [-0.1, -0.05) is 5.16 Å². The molecule has 0 bridgehead atoms. The monoisotopic (exact) mass is 325 g/mol. The topological polar surface area (TPSA) is 78.9 Å². The lowest BCUT2D eigenvalue weighted by molar-refractivity contribution is 0.0894.